The Kier molecular flexibility index (Phi) is 5.26. The molecule has 0 unspecified atom stereocenters. The molecule has 2 nitrogen and oxygen atoms in total. The van der Waals surface area contributed by atoms with Gasteiger partial charge in [0.2, 0.25) is 0 Å². The maximum atomic E-state index is 4.10. The van der Waals surface area contributed by atoms with Crippen molar-refractivity contribution >= 4 is 0 Å². The van der Waals surface area contributed by atoms with Crippen LogP contribution in [-0.2, 0) is 0 Å². The highest BCUT2D eigenvalue weighted by Gasteiger charge is 1.91. The molecule has 0 aliphatic rings. The lowest BCUT2D eigenvalue weighted by atomic mass is 10.2. The SMILES string of the molecule is CC=C(C)N=N/C(C)=C(/C)CC. The van der Waals surface area contributed by atoms with E-state index in [2.05, 4.69) is 24.1 Å². The molecule has 0 saturated carbocycles. The van der Waals surface area contributed by atoms with E-state index in [1.54, 1.807) is 0 Å². The van der Waals surface area contributed by atoms with Gasteiger partial charge in [-0.25, -0.2) is 0 Å². The van der Waals surface area contributed by atoms with Crippen molar-refractivity contribution in [3.8, 4) is 0 Å². The molecule has 0 amide bonds. The summed E-state index contributed by atoms with van der Waals surface area (Å²) in [6.45, 7) is 10.1. The molecule has 68 valence electrons. The molecule has 12 heavy (non-hydrogen) atoms. The molecule has 2 heteroatoms. The first-order chi connectivity index (χ1) is 5.61. The number of rotatable bonds is 3. The second-order valence-electron chi connectivity index (χ2n) is 2.85. The van der Waals surface area contributed by atoms with Gasteiger partial charge in [0.15, 0.2) is 0 Å². The van der Waals surface area contributed by atoms with Gasteiger partial charge in [-0.3, -0.25) is 0 Å². The average Bonchev–Trinajstić information content (AvgIpc) is 2.11. The van der Waals surface area contributed by atoms with E-state index < -0.39 is 0 Å². The summed E-state index contributed by atoms with van der Waals surface area (Å²) in [5.74, 6) is 0. The van der Waals surface area contributed by atoms with Gasteiger partial charge in [0.25, 0.3) is 0 Å². The molecule has 0 atom stereocenters. The van der Waals surface area contributed by atoms with Crippen LogP contribution in [0.2, 0.25) is 0 Å². The Bertz CT molecular complexity index is 222. The lowest BCUT2D eigenvalue weighted by Crippen LogP contribution is -1.77. The van der Waals surface area contributed by atoms with E-state index in [0.717, 1.165) is 17.8 Å². The molecule has 0 aromatic heterocycles. The van der Waals surface area contributed by atoms with Crippen LogP contribution in [0, 0.1) is 0 Å². The van der Waals surface area contributed by atoms with Crippen LogP contribution in [0.15, 0.2) is 33.3 Å². The van der Waals surface area contributed by atoms with Crippen LogP contribution in [-0.4, -0.2) is 0 Å². The molecule has 0 spiro atoms. The number of hydrogen-bond donors (Lipinski definition) is 0. The second-order valence-corrected chi connectivity index (χ2v) is 2.85. The fourth-order valence-electron chi connectivity index (χ4n) is 0.553. The van der Waals surface area contributed by atoms with E-state index in [1.807, 2.05) is 26.8 Å². The van der Waals surface area contributed by atoms with Gasteiger partial charge in [-0.1, -0.05) is 18.6 Å². The van der Waals surface area contributed by atoms with Gasteiger partial charge in [-0.2, -0.15) is 10.2 Å². The van der Waals surface area contributed by atoms with E-state index in [-0.39, 0.29) is 0 Å². The highest BCUT2D eigenvalue weighted by atomic mass is 15.1. The Labute approximate surface area is 75.1 Å². The highest BCUT2D eigenvalue weighted by molar-refractivity contribution is 5.07. The van der Waals surface area contributed by atoms with E-state index >= 15 is 0 Å². The van der Waals surface area contributed by atoms with Crippen LogP contribution < -0.4 is 0 Å². The first-order valence-electron chi connectivity index (χ1n) is 4.32. The number of allylic oxidation sites excluding steroid dienone is 4. The zero-order chi connectivity index (χ0) is 9.56. The minimum atomic E-state index is 0.957. The van der Waals surface area contributed by atoms with Gasteiger partial charge >= 0.3 is 0 Å². The lowest BCUT2D eigenvalue weighted by molar-refractivity contribution is 0.981. The third-order valence-corrected chi connectivity index (χ3v) is 1.92. The van der Waals surface area contributed by atoms with Crippen LogP contribution in [0.5, 0.6) is 0 Å². The number of nitrogens with zero attached hydrogens (tertiary/aromatic N) is 2. The Balaban J connectivity index is 4.36. The van der Waals surface area contributed by atoms with Crippen molar-refractivity contribution in [2.75, 3.05) is 0 Å². The van der Waals surface area contributed by atoms with Crippen LogP contribution in [0.25, 0.3) is 0 Å². The Morgan fingerprint density at radius 2 is 1.75 bits per heavy atom. The van der Waals surface area contributed by atoms with Crippen molar-refractivity contribution < 1.29 is 0 Å². The maximum Gasteiger partial charge on any atom is 0.0588 e. The van der Waals surface area contributed by atoms with Crippen LogP contribution >= 0.6 is 0 Å². The van der Waals surface area contributed by atoms with Crippen molar-refractivity contribution in [1.82, 2.24) is 0 Å². The standard InChI is InChI=1S/C10H18N2/c1-6-8(3)10(5)12-11-9(4)7-2/h7H,6H2,1-5H3/b9-7?,10-8-,12-11?. The summed E-state index contributed by atoms with van der Waals surface area (Å²) in [5, 5.41) is 8.14. The summed E-state index contributed by atoms with van der Waals surface area (Å²) in [5.41, 5.74) is 3.28. The van der Waals surface area contributed by atoms with Gasteiger partial charge in [0, 0.05) is 0 Å². The minimum Gasteiger partial charge on any atom is -0.156 e. The zero-order valence-corrected chi connectivity index (χ0v) is 8.68. The fraction of sp³-hybridized carbons (Fsp3) is 0.600. The first kappa shape index (κ1) is 11.1. The third-order valence-electron chi connectivity index (χ3n) is 1.92. The fourth-order valence-corrected chi connectivity index (χ4v) is 0.553. The Morgan fingerprint density at radius 3 is 2.17 bits per heavy atom. The van der Waals surface area contributed by atoms with E-state index in [1.165, 1.54) is 5.57 Å². The van der Waals surface area contributed by atoms with Crippen molar-refractivity contribution in [3.63, 3.8) is 0 Å². The van der Waals surface area contributed by atoms with Crippen LogP contribution in [0.3, 0.4) is 0 Å². The second kappa shape index (κ2) is 5.70. The molecule has 0 aliphatic heterocycles. The molecular weight excluding hydrogens is 148 g/mol. The van der Waals surface area contributed by atoms with Crippen molar-refractivity contribution in [2.24, 2.45) is 10.2 Å². The topological polar surface area (TPSA) is 24.7 Å². The molecule has 0 N–H and O–H groups in total. The largest absolute Gasteiger partial charge is 0.156 e. The molecule has 0 fully saturated rings. The smallest absolute Gasteiger partial charge is 0.0588 e. The summed E-state index contributed by atoms with van der Waals surface area (Å²) in [7, 11) is 0. The normalized spacial score (nSPS) is 15.2. The molecule has 0 aliphatic carbocycles. The maximum absolute atomic E-state index is 4.10. The van der Waals surface area contributed by atoms with Crippen molar-refractivity contribution in [2.45, 2.75) is 41.0 Å². The van der Waals surface area contributed by atoms with Gasteiger partial charge in [-0.05, 0) is 34.1 Å². The molecular formula is C10H18N2. The van der Waals surface area contributed by atoms with Crippen LogP contribution in [0.4, 0.5) is 0 Å². The number of hydrogen-bond acceptors (Lipinski definition) is 2. The van der Waals surface area contributed by atoms with Gasteiger partial charge in [-0.15, -0.1) is 0 Å². The third kappa shape index (κ3) is 4.06. The summed E-state index contributed by atoms with van der Waals surface area (Å²) in [6.07, 6.45) is 2.98. The van der Waals surface area contributed by atoms with Gasteiger partial charge < -0.3 is 0 Å². The monoisotopic (exact) mass is 166 g/mol. The molecule has 0 radical (unpaired) electrons. The summed E-state index contributed by atoms with van der Waals surface area (Å²) < 4.78 is 0. The Hall–Kier alpha value is -0.920. The number of azo groups is 1. The summed E-state index contributed by atoms with van der Waals surface area (Å²) >= 11 is 0. The zero-order valence-electron chi connectivity index (χ0n) is 8.68. The molecule has 0 saturated heterocycles. The van der Waals surface area contributed by atoms with E-state index in [0.29, 0.717) is 0 Å². The molecule has 0 aromatic carbocycles. The van der Waals surface area contributed by atoms with Crippen molar-refractivity contribution in [3.05, 3.63) is 23.0 Å². The van der Waals surface area contributed by atoms with Gasteiger partial charge in [0.05, 0.1) is 11.4 Å². The average molecular weight is 166 g/mol. The molecule has 0 bridgehead atoms. The van der Waals surface area contributed by atoms with Gasteiger partial charge in [0.1, 0.15) is 0 Å². The van der Waals surface area contributed by atoms with Crippen LogP contribution in [0.1, 0.15) is 41.0 Å². The predicted molar refractivity (Wildman–Crippen MR) is 53.0 cm³/mol. The van der Waals surface area contributed by atoms with E-state index in [9.17, 15) is 0 Å². The molecule has 0 heterocycles. The lowest BCUT2D eigenvalue weighted by Gasteiger charge is -1.97. The summed E-state index contributed by atoms with van der Waals surface area (Å²) in [4.78, 5) is 0. The summed E-state index contributed by atoms with van der Waals surface area (Å²) in [6, 6.07) is 0. The molecule has 0 rings (SSSR count). The van der Waals surface area contributed by atoms with E-state index in [4.69, 9.17) is 0 Å². The highest BCUT2D eigenvalue weighted by Crippen LogP contribution is 2.09. The first-order valence-corrected chi connectivity index (χ1v) is 4.32. The minimum absolute atomic E-state index is 0.957. The van der Waals surface area contributed by atoms with Crippen molar-refractivity contribution in [1.29, 1.82) is 0 Å². The quantitative estimate of drug-likeness (QED) is 0.565. The predicted octanol–water partition coefficient (Wildman–Crippen LogP) is 4.07. The molecule has 0 aromatic rings. The Morgan fingerprint density at radius 1 is 1.17 bits per heavy atom.